The number of pyridine rings is 1. The largest absolute Gasteiger partial charge is 0.458 e. The molecule has 0 unspecified atom stereocenters. The van der Waals surface area contributed by atoms with Gasteiger partial charge in [-0.1, -0.05) is 0 Å². The van der Waals surface area contributed by atoms with Crippen LogP contribution < -0.4 is 15.8 Å². The molecule has 0 aromatic carbocycles. The van der Waals surface area contributed by atoms with Crippen molar-refractivity contribution >= 4 is 23.3 Å². The molecule has 1 atom stereocenters. The van der Waals surface area contributed by atoms with Gasteiger partial charge in [-0.3, -0.25) is 20.1 Å². The molecule has 7 heteroatoms. The van der Waals surface area contributed by atoms with E-state index in [1.807, 2.05) is 5.32 Å². The molecule has 2 amide bonds. The van der Waals surface area contributed by atoms with Gasteiger partial charge in [-0.05, 0) is 6.07 Å². The quantitative estimate of drug-likeness (QED) is 0.368. The number of amides is 2. The molecule has 2 aromatic rings. The standard InChI is InChI=1S/C10H9N3O4/c11-9(10(15)12-5-14)8-3-6-4-13(16)2-1-7(6)17-8/h1-5,9H,11H2,(H-,12,14,15,16)/p+1/t9-/m1/s1. The van der Waals surface area contributed by atoms with Gasteiger partial charge in [-0.25, -0.2) is 0 Å². The first-order valence-electron chi connectivity index (χ1n) is 4.75. The van der Waals surface area contributed by atoms with Crippen LogP contribution in [0.2, 0.25) is 0 Å². The molecule has 2 heterocycles. The number of imide groups is 1. The van der Waals surface area contributed by atoms with E-state index < -0.39 is 11.9 Å². The van der Waals surface area contributed by atoms with Crippen molar-refractivity contribution in [2.45, 2.75) is 6.04 Å². The van der Waals surface area contributed by atoms with Crippen molar-refractivity contribution in [2.75, 3.05) is 0 Å². The Hall–Kier alpha value is -2.41. The summed E-state index contributed by atoms with van der Waals surface area (Å²) >= 11 is 0. The van der Waals surface area contributed by atoms with Gasteiger partial charge in [-0.2, -0.15) is 0 Å². The molecule has 0 saturated carbocycles. The first kappa shape index (κ1) is 11.1. The highest BCUT2D eigenvalue weighted by atomic mass is 16.5. The molecule has 0 fully saturated rings. The number of nitrogens with one attached hydrogen (secondary N) is 1. The molecular formula is C10H10N3O4+. The van der Waals surface area contributed by atoms with E-state index in [0.29, 0.717) is 11.0 Å². The number of furan rings is 1. The molecule has 0 aliphatic carbocycles. The Morgan fingerprint density at radius 1 is 1.65 bits per heavy atom. The Labute approximate surface area is 95.4 Å². The Morgan fingerprint density at radius 3 is 3.12 bits per heavy atom. The monoisotopic (exact) mass is 236 g/mol. The van der Waals surface area contributed by atoms with Gasteiger partial charge in [0.25, 0.3) is 5.91 Å². The maximum atomic E-state index is 11.3. The fourth-order valence-corrected chi connectivity index (χ4v) is 1.43. The van der Waals surface area contributed by atoms with E-state index in [4.69, 9.17) is 10.2 Å². The van der Waals surface area contributed by atoms with Gasteiger partial charge < -0.3 is 10.2 Å². The second kappa shape index (κ2) is 4.22. The van der Waals surface area contributed by atoms with Gasteiger partial charge in [-0.15, -0.1) is 0 Å². The van der Waals surface area contributed by atoms with E-state index in [2.05, 4.69) is 0 Å². The van der Waals surface area contributed by atoms with Crippen LogP contribution in [0.15, 0.2) is 28.9 Å². The van der Waals surface area contributed by atoms with Crippen molar-refractivity contribution < 1.29 is 23.9 Å². The van der Waals surface area contributed by atoms with Crippen LogP contribution in [0.25, 0.3) is 11.0 Å². The summed E-state index contributed by atoms with van der Waals surface area (Å²) in [5.74, 6) is -0.443. The minimum atomic E-state index is -1.07. The lowest BCUT2D eigenvalue weighted by Crippen LogP contribution is -2.32. The number of hydrogen-bond acceptors (Lipinski definition) is 5. The minimum Gasteiger partial charge on any atom is -0.458 e. The molecule has 88 valence electrons. The van der Waals surface area contributed by atoms with E-state index >= 15 is 0 Å². The predicted molar refractivity (Wildman–Crippen MR) is 54.7 cm³/mol. The first-order chi connectivity index (χ1) is 8.11. The topological polar surface area (TPSA) is 109 Å². The summed E-state index contributed by atoms with van der Waals surface area (Å²) in [5.41, 5.74) is 6.08. The maximum absolute atomic E-state index is 11.3. The number of fused-ring (bicyclic) bond motifs is 1. The summed E-state index contributed by atoms with van der Waals surface area (Å²) in [6.45, 7) is 0. The SMILES string of the molecule is N[C@@H](C(=O)NC=O)c1cc2c[n+](O)ccc2o1. The van der Waals surface area contributed by atoms with Crippen LogP contribution in [0, 0.1) is 0 Å². The second-order valence-corrected chi connectivity index (χ2v) is 3.40. The van der Waals surface area contributed by atoms with Crippen molar-refractivity contribution in [3.63, 3.8) is 0 Å². The van der Waals surface area contributed by atoms with E-state index in [1.165, 1.54) is 24.5 Å². The lowest BCUT2D eigenvalue weighted by atomic mass is 10.2. The summed E-state index contributed by atoms with van der Waals surface area (Å²) in [4.78, 5) is 21.4. The number of aromatic nitrogens is 1. The Morgan fingerprint density at radius 2 is 2.41 bits per heavy atom. The van der Waals surface area contributed by atoms with E-state index in [9.17, 15) is 14.8 Å². The van der Waals surface area contributed by atoms with Crippen molar-refractivity contribution in [1.82, 2.24) is 5.32 Å². The van der Waals surface area contributed by atoms with Gasteiger partial charge in [0, 0.05) is 4.73 Å². The Kier molecular flexibility index (Phi) is 2.75. The molecule has 0 radical (unpaired) electrons. The molecule has 0 spiro atoms. The van der Waals surface area contributed by atoms with E-state index in [0.717, 1.165) is 4.73 Å². The number of carbonyl (C=O) groups is 2. The lowest BCUT2D eigenvalue weighted by molar-refractivity contribution is -0.904. The Bertz CT molecular complexity index is 578. The molecule has 0 aliphatic rings. The average Bonchev–Trinajstić information content (AvgIpc) is 2.71. The van der Waals surface area contributed by atoms with Crippen LogP contribution in [-0.4, -0.2) is 17.5 Å². The summed E-state index contributed by atoms with van der Waals surface area (Å²) < 4.78 is 6.19. The average molecular weight is 236 g/mol. The fraction of sp³-hybridized carbons (Fsp3) is 0.100. The number of nitrogens with two attached hydrogens (primary N) is 1. The molecule has 17 heavy (non-hydrogen) atoms. The number of carbonyl (C=O) groups excluding carboxylic acids is 2. The highest BCUT2D eigenvalue weighted by molar-refractivity contribution is 5.91. The van der Waals surface area contributed by atoms with Crippen LogP contribution in [0.4, 0.5) is 0 Å². The van der Waals surface area contributed by atoms with Crippen LogP contribution in [0.1, 0.15) is 11.8 Å². The highest BCUT2D eigenvalue weighted by Gasteiger charge is 2.20. The van der Waals surface area contributed by atoms with Gasteiger partial charge >= 0.3 is 0 Å². The van der Waals surface area contributed by atoms with Gasteiger partial charge in [0.05, 0.1) is 11.5 Å². The Balaban J connectivity index is 2.36. The van der Waals surface area contributed by atoms with Crippen LogP contribution in [-0.2, 0) is 9.59 Å². The molecule has 0 saturated heterocycles. The van der Waals surface area contributed by atoms with Crippen molar-refractivity contribution in [1.29, 1.82) is 0 Å². The normalized spacial score (nSPS) is 12.3. The van der Waals surface area contributed by atoms with Crippen molar-refractivity contribution in [2.24, 2.45) is 5.73 Å². The van der Waals surface area contributed by atoms with Gasteiger partial charge in [0.15, 0.2) is 0 Å². The minimum absolute atomic E-state index is 0.213. The van der Waals surface area contributed by atoms with Gasteiger partial charge in [0.1, 0.15) is 17.4 Å². The smallest absolute Gasteiger partial charge is 0.251 e. The van der Waals surface area contributed by atoms with Gasteiger partial charge in [0.2, 0.25) is 18.8 Å². The lowest BCUT2D eigenvalue weighted by Gasteiger charge is -2.04. The summed E-state index contributed by atoms with van der Waals surface area (Å²) in [5, 5.41) is 11.7. The third kappa shape index (κ3) is 2.08. The third-order valence-electron chi connectivity index (χ3n) is 2.25. The summed E-state index contributed by atoms with van der Waals surface area (Å²) in [7, 11) is 0. The van der Waals surface area contributed by atoms with Crippen LogP contribution in [0.5, 0.6) is 0 Å². The van der Waals surface area contributed by atoms with Crippen molar-refractivity contribution in [3.8, 4) is 0 Å². The zero-order valence-corrected chi connectivity index (χ0v) is 8.66. The second-order valence-electron chi connectivity index (χ2n) is 3.40. The number of nitrogens with zero attached hydrogens (tertiary/aromatic N) is 1. The molecule has 0 aliphatic heterocycles. The number of hydrogen-bond donors (Lipinski definition) is 3. The third-order valence-corrected chi connectivity index (χ3v) is 2.25. The fourth-order valence-electron chi connectivity index (χ4n) is 1.43. The first-order valence-corrected chi connectivity index (χ1v) is 4.75. The zero-order valence-electron chi connectivity index (χ0n) is 8.66. The summed E-state index contributed by atoms with van der Waals surface area (Å²) in [6.07, 6.45) is 3.05. The molecule has 0 bridgehead atoms. The zero-order chi connectivity index (χ0) is 12.4. The van der Waals surface area contributed by atoms with Crippen molar-refractivity contribution in [3.05, 3.63) is 30.3 Å². The molecule has 2 aromatic heterocycles. The van der Waals surface area contributed by atoms with E-state index in [-0.39, 0.29) is 12.2 Å². The predicted octanol–water partition coefficient (Wildman–Crippen LogP) is -0.770. The molecule has 7 nitrogen and oxygen atoms in total. The molecule has 2 rings (SSSR count). The molecule has 4 N–H and O–H groups in total. The highest BCUT2D eigenvalue weighted by Crippen LogP contribution is 2.21. The molecular weight excluding hydrogens is 226 g/mol. The number of rotatable bonds is 3. The van der Waals surface area contributed by atoms with E-state index in [1.54, 1.807) is 0 Å². The summed E-state index contributed by atoms with van der Waals surface area (Å²) in [6, 6.07) is 1.99. The maximum Gasteiger partial charge on any atom is 0.251 e. The van der Waals surface area contributed by atoms with Crippen LogP contribution in [0.3, 0.4) is 0 Å². The van der Waals surface area contributed by atoms with Crippen LogP contribution >= 0.6 is 0 Å².